The number of halogens is 1. The number of likely N-dealkylation sites (N-methyl/N-ethyl adjacent to an activating group) is 1. The van der Waals surface area contributed by atoms with Gasteiger partial charge in [-0.1, -0.05) is 12.1 Å². The van der Waals surface area contributed by atoms with Crippen molar-refractivity contribution in [2.45, 2.75) is 32.4 Å². The smallest absolute Gasteiger partial charge is 0.234 e. The predicted molar refractivity (Wildman–Crippen MR) is 88.7 cm³/mol. The number of hydrogen-bond donors (Lipinski definition) is 2. The number of carbonyl (C=O) groups excluding carboxylic acids is 1. The van der Waals surface area contributed by atoms with Crippen LogP contribution in [0, 0.1) is 6.92 Å². The Morgan fingerprint density at radius 2 is 2.27 bits per heavy atom. The van der Waals surface area contributed by atoms with Gasteiger partial charge in [0.1, 0.15) is 12.4 Å². The van der Waals surface area contributed by atoms with Crippen LogP contribution in [0.1, 0.15) is 24.0 Å². The number of benzene rings is 1. The normalized spacial score (nSPS) is 16.9. The lowest BCUT2D eigenvalue weighted by Crippen LogP contribution is -2.31. The molecular formula is C16H25ClN2O3. The van der Waals surface area contributed by atoms with Crippen LogP contribution in [0.5, 0.6) is 5.75 Å². The Morgan fingerprint density at radius 1 is 1.45 bits per heavy atom. The molecule has 5 nitrogen and oxygen atoms in total. The van der Waals surface area contributed by atoms with Crippen LogP contribution in [0.4, 0.5) is 0 Å². The lowest BCUT2D eigenvalue weighted by Gasteiger charge is -2.16. The van der Waals surface area contributed by atoms with Crippen LogP contribution >= 0.6 is 12.4 Å². The highest BCUT2D eigenvalue weighted by Gasteiger charge is 2.17. The fraction of sp³-hybridized carbons (Fsp3) is 0.562. The van der Waals surface area contributed by atoms with Gasteiger partial charge in [-0.25, -0.2) is 0 Å². The van der Waals surface area contributed by atoms with Crippen molar-refractivity contribution < 1.29 is 14.3 Å². The van der Waals surface area contributed by atoms with Crippen molar-refractivity contribution in [3.05, 3.63) is 29.3 Å². The van der Waals surface area contributed by atoms with Gasteiger partial charge in [-0.15, -0.1) is 12.4 Å². The number of amides is 1. The van der Waals surface area contributed by atoms with Gasteiger partial charge in [0.15, 0.2) is 0 Å². The van der Waals surface area contributed by atoms with Gasteiger partial charge in [-0.3, -0.25) is 4.79 Å². The Kier molecular flexibility index (Phi) is 8.24. The van der Waals surface area contributed by atoms with Crippen molar-refractivity contribution in [1.82, 2.24) is 10.6 Å². The second kappa shape index (κ2) is 9.66. The number of carbonyl (C=O) groups is 1. The molecule has 1 aliphatic heterocycles. The van der Waals surface area contributed by atoms with Gasteiger partial charge in [0.05, 0.1) is 12.6 Å². The van der Waals surface area contributed by atoms with Crippen LogP contribution in [-0.4, -0.2) is 38.8 Å². The summed E-state index contributed by atoms with van der Waals surface area (Å²) in [5.74, 6) is 0.804. The molecule has 0 bridgehead atoms. The maximum absolute atomic E-state index is 11.5. The van der Waals surface area contributed by atoms with E-state index >= 15 is 0 Å². The molecule has 0 saturated carbocycles. The summed E-state index contributed by atoms with van der Waals surface area (Å²) in [7, 11) is 1.75. The Morgan fingerprint density at radius 3 is 2.95 bits per heavy atom. The maximum Gasteiger partial charge on any atom is 0.234 e. The van der Waals surface area contributed by atoms with E-state index in [2.05, 4.69) is 10.6 Å². The molecule has 1 unspecified atom stereocenters. The molecule has 22 heavy (non-hydrogen) atoms. The SMILES string of the molecule is CNCC(=O)NCc1ccc(C)cc1OCC1CCCO1.Cl. The zero-order valence-corrected chi connectivity index (χ0v) is 14.0. The van der Waals surface area contributed by atoms with Gasteiger partial charge in [0.25, 0.3) is 0 Å². The van der Waals surface area contributed by atoms with E-state index in [0.717, 1.165) is 36.3 Å². The van der Waals surface area contributed by atoms with Gasteiger partial charge >= 0.3 is 0 Å². The highest BCUT2D eigenvalue weighted by molar-refractivity contribution is 5.85. The monoisotopic (exact) mass is 328 g/mol. The first-order valence-electron chi connectivity index (χ1n) is 7.44. The summed E-state index contributed by atoms with van der Waals surface area (Å²) >= 11 is 0. The number of rotatable bonds is 7. The molecule has 1 saturated heterocycles. The summed E-state index contributed by atoms with van der Waals surface area (Å²) in [5.41, 5.74) is 2.13. The molecule has 0 radical (unpaired) electrons. The lowest BCUT2D eigenvalue weighted by atomic mass is 10.1. The second-order valence-corrected chi connectivity index (χ2v) is 5.36. The van der Waals surface area contributed by atoms with Crippen LogP contribution in [0.25, 0.3) is 0 Å². The summed E-state index contributed by atoms with van der Waals surface area (Å²) < 4.78 is 11.5. The summed E-state index contributed by atoms with van der Waals surface area (Å²) in [5, 5.41) is 5.70. The van der Waals surface area contributed by atoms with Gasteiger partial charge in [0, 0.05) is 18.7 Å². The number of hydrogen-bond acceptors (Lipinski definition) is 4. The minimum absolute atomic E-state index is 0. The van der Waals surface area contributed by atoms with E-state index in [4.69, 9.17) is 9.47 Å². The van der Waals surface area contributed by atoms with Crippen LogP contribution in [0.15, 0.2) is 18.2 Å². The van der Waals surface area contributed by atoms with E-state index in [1.807, 2.05) is 25.1 Å². The zero-order valence-electron chi connectivity index (χ0n) is 13.2. The quantitative estimate of drug-likeness (QED) is 0.801. The first kappa shape index (κ1) is 18.7. The Balaban J connectivity index is 0.00000242. The van der Waals surface area contributed by atoms with Crippen molar-refractivity contribution in [3.63, 3.8) is 0 Å². The molecule has 1 aliphatic rings. The highest BCUT2D eigenvalue weighted by Crippen LogP contribution is 2.22. The standard InChI is InChI=1S/C16H24N2O3.ClH/c1-12-5-6-13(9-18-16(19)10-17-2)15(8-12)21-11-14-4-3-7-20-14;/h5-6,8,14,17H,3-4,7,9-11H2,1-2H3,(H,18,19);1H. The Hall–Kier alpha value is -1.30. The molecular weight excluding hydrogens is 304 g/mol. The number of nitrogens with one attached hydrogen (secondary N) is 2. The molecule has 1 aromatic rings. The van der Waals surface area contributed by atoms with Crippen molar-refractivity contribution in [2.24, 2.45) is 0 Å². The molecule has 2 N–H and O–H groups in total. The van der Waals surface area contributed by atoms with Gasteiger partial charge < -0.3 is 20.1 Å². The van der Waals surface area contributed by atoms with E-state index in [-0.39, 0.29) is 24.4 Å². The maximum atomic E-state index is 11.5. The van der Waals surface area contributed by atoms with E-state index in [9.17, 15) is 4.79 Å². The first-order valence-corrected chi connectivity index (χ1v) is 7.44. The van der Waals surface area contributed by atoms with Crippen molar-refractivity contribution in [2.75, 3.05) is 26.8 Å². The van der Waals surface area contributed by atoms with E-state index in [0.29, 0.717) is 19.7 Å². The van der Waals surface area contributed by atoms with Crippen LogP contribution in [0.2, 0.25) is 0 Å². The van der Waals surface area contributed by atoms with Crippen LogP contribution in [-0.2, 0) is 16.1 Å². The molecule has 6 heteroatoms. The Labute approximate surface area is 138 Å². The number of ether oxygens (including phenoxy) is 2. The predicted octanol–water partition coefficient (Wildman–Crippen LogP) is 1.81. The molecule has 1 atom stereocenters. The van der Waals surface area contributed by atoms with Crippen molar-refractivity contribution >= 4 is 18.3 Å². The molecule has 124 valence electrons. The van der Waals surface area contributed by atoms with Crippen LogP contribution < -0.4 is 15.4 Å². The lowest BCUT2D eigenvalue weighted by molar-refractivity contribution is -0.120. The van der Waals surface area contributed by atoms with Gasteiger partial charge in [0.2, 0.25) is 5.91 Å². The highest BCUT2D eigenvalue weighted by atomic mass is 35.5. The summed E-state index contributed by atoms with van der Waals surface area (Å²) in [6, 6.07) is 6.03. The third kappa shape index (κ3) is 5.83. The zero-order chi connectivity index (χ0) is 15.1. The molecule has 0 aliphatic carbocycles. The summed E-state index contributed by atoms with van der Waals surface area (Å²) in [4.78, 5) is 11.5. The second-order valence-electron chi connectivity index (χ2n) is 5.36. The molecule has 0 spiro atoms. The van der Waals surface area contributed by atoms with Crippen molar-refractivity contribution in [3.8, 4) is 5.75 Å². The minimum atomic E-state index is -0.0249. The fourth-order valence-corrected chi connectivity index (χ4v) is 2.32. The summed E-state index contributed by atoms with van der Waals surface area (Å²) in [6.07, 6.45) is 2.35. The van der Waals surface area contributed by atoms with Crippen LogP contribution in [0.3, 0.4) is 0 Å². The van der Waals surface area contributed by atoms with E-state index in [1.165, 1.54) is 0 Å². The summed E-state index contributed by atoms with van der Waals surface area (Å²) in [6.45, 7) is 4.22. The first-order chi connectivity index (χ1) is 10.2. The average molecular weight is 329 g/mol. The van der Waals surface area contributed by atoms with E-state index < -0.39 is 0 Å². The third-order valence-electron chi connectivity index (χ3n) is 3.48. The average Bonchev–Trinajstić information content (AvgIpc) is 2.97. The Bertz CT molecular complexity index is 476. The van der Waals surface area contributed by atoms with Gasteiger partial charge in [-0.05, 0) is 38.4 Å². The van der Waals surface area contributed by atoms with Gasteiger partial charge in [-0.2, -0.15) is 0 Å². The topological polar surface area (TPSA) is 59.6 Å². The molecule has 1 aromatic carbocycles. The third-order valence-corrected chi connectivity index (χ3v) is 3.48. The minimum Gasteiger partial charge on any atom is -0.491 e. The number of aryl methyl sites for hydroxylation is 1. The largest absolute Gasteiger partial charge is 0.491 e. The molecule has 0 aromatic heterocycles. The molecule has 1 amide bonds. The fourth-order valence-electron chi connectivity index (χ4n) is 2.32. The van der Waals surface area contributed by atoms with Crippen molar-refractivity contribution in [1.29, 1.82) is 0 Å². The molecule has 1 fully saturated rings. The molecule has 1 heterocycles. The molecule has 2 rings (SSSR count). The van der Waals surface area contributed by atoms with E-state index in [1.54, 1.807) is 7.05 Å².